The van der Waals surface area contributed by atoms with Crippen molar-refractivity contribution >= 4 is 5.88 Å². The van der Waals surface area contributed by atoms with Crippen LogP contribution in [0.15, 0.2) is 22.7 Å². The molecule has 2 aromatic rings. The maximum absolute atomic E-state index is 13.6. The number of methoxy groups -OCH3 is 1. The lowest BCUT2D eigenvalue weighted by Gasteiger charge is -2.05. The fourth-order valence-electron chi connectivity index (χ4n) is 1.35. The van der Waals surface area contributed by atoms with Crippen LogP contribution >= 0.6 is 0 Å². The van der Waals surface area contributed by atoms with Crippen LogP contribution in [0.3, 0.4) is 0 Å². The van der Waals surface area contributed by atoms with E-state index in [2.05, 4.69) is 9.68 Å². The zero-order chi connectivity index (χ0) is 11.7. The van der Waals surface area contributed by atoms with Crippen LogP contribution in [0.25, 0.3) is 11.3 Å². The normalized spacial score (nSPS) is 10.4. The van der Waals surface area contributed by atoms with Gasteiger partial charge in [0.2, 0.25) is 5.88 Å². The molecule has 2 rings (SSSR count). The van der Waals surface area contributed by atoms with Gasteiger partial charge in [-0.2, -0.15) is 0 Å². The van der Waals surface area contributed by atoms with Gasteiger partial charge in [-0.1, -0.05) is 5.16 Å². The largest absolute Gasteiger partial charge is 0.507 e. The topological polar surface area (TPSA) is 81.5 Å². The first-order chi connectivity index (χ1) is 7.61. The predicted molar refractivity (Wildman–Crippen MR) is 54.5 cm³/mol. The van der Waals surface area contributed by atoms with Crippen LogP contribution in [0.5, 0.6) is 11.5 Å². The van der Waals surface area contributed by atoms with Crippen molar-refractivity contribution in [3.05, 3.63) is 24.0 Å². The number of phenols is 1. The maximum Gasteiger partial charge on any atom is 0.222 e. The van der Waals surface area contributed by atoms with Crippen molar-refractivity contribution in [1.29, 1.82) is 0 Å². The SMILES string of the molecule is COc1cc(O)c(-c2cc(N)on2)c(F)c1. The van der Waals surface area contributed by atoms with Gasteiger partial charge in [-0.15, -0.1) is 0 Å². The van der Waals surface area contributed by atoms with Gasteiger partial charge in [0.25, 0.3) is 0 Å². The minimum absolute atomic E-state index is 0.0459. The Kier molecular flexibility index (Phi) is 2.40. The Morgan fingerprint density at radius 1 is 1.44 bits per heavy atom. The van der Waals surface area contributed by atoms with E-state index in [1.165, 1.54) is 19.2 Å². The van der Waals surface area contributed by atoms with Crippen LogP contribution in [0.2, 0.25) is 0 Å². The molecule has 3 N–H and O–H groups in total. The number of rotatable bonds is 2. The quantitative estimate of drug-likeness (QED) is 0.812. The van der Waals surface area contributed by atoms with E-state index in [1.807, 2.05) is 0 Å². The lowest BCUT2D eigenvalue weighted by molar-refractivity contribution is 0.402. The average molecular weight is 224 g/mol. The monoisotopic (exact) mass is 224 g/mol. The molecule has 0 bridgehead atoms. The van der Waals surface area contributed by atoms with E-state index in [1.54, 1.807) is 0 Å². The summed E-state index contributed by atoms with van der Waals surface area (Å²) < 4.78 is 23.0. The molecule has 0 radical (unpaired) electrons. The third-order valence-corrected chi connectivity index (χ3v) is 2.06. The molecular formula is C10H9FN2O3. The first-order valence-corrected chi connectivity index (χ1v) is 4.41. The first kappa shape index (κ1) is 10.3. The Balaban J connectivity index is 2.57. The molecule has 0 amide bonds. The minimum atomic E-state index is -0.662. The standard InChI is InChI=1S/C10H9FN2O3/c1-15-5-2-6(11)10(8(14)3-5)7-4-9(12)16-13-7/h2-4,14H,12H2,1H3. The van der Waals surface area contributed by atoms with E-state index in [-0.39, 0.29) is 28.6 Å². The summed E-state index contributed by atoms with van der Waals surface area (Å²) >= 11 is 0. The van der Waals surface area contributed by atoms with Gasteiger partial charge in [0.05, 0.1) is 12.7 Å². The first-order valence-electron chi connectivity index (χ1n) is 4.41. The lowest BCUT2D eigenvalue weighted by atomic mass is 10.1. The molecule has 1 heterocycles. The van der Waals surface area contributed by atoms with Gasteiger partial charge in [0.15, 0.2) is 0 Å². The van der Waals surface area contributed by atoms with Crippen LogP contribution < -0.4 is 10.5 Å². The van der Waals surface area contributed by atoms with Crippen LogP contribution in [-0.4, -0.2) is 17.4 Å². The fourth-order valence-corrected chi connectivity index (χ4v) is 1.35. The van der Waals surface area contributed by atoms with E-state index in [0.29, 0.717) is 0 Å². The second kappa shape index (κ2) is 3.73. The Labute approximate surface area is 90.2 Å². The Bertz CT molecular complexity index is 502. The molecule has 0 atom stereocenters. The molecule has 0 aliphatic heterocycles. The fraction of sp³-hybridized carbons (Fsp3) is 0.100. The molecule has 0 aliphatic rings. The van der Waals surface area contributed by atoms with Crippen molar-refractivity contribution < 1.29 is 18.8 Å². The van der Waals surface area contributed by atoms with Crippen LogP contribution in [0.4, 0.5) is 10.3 Å². The van der Waals surface area contributed by atoms with E-state index >= 15 is 0 Å². The minimum Gasteiger partial charge on any atom is -0.507 e. The maximum atomic E-state index is 13.6. The predicted octanol–water partition coefficient (Wildman–Crippen LogP) is 1.78. The molecule has 0 fully saturated rings. The van der Waals surface area contributed by atoms with E-state index < -0.39 is 5.82 Å². The Morgan fingerprint density at radius 2 is 2.19 bits per heavy atom. The van der Waals surface area contributed by atoms with Crippen molar-refractivity contribution in [2.45, 2.75) is 0 Å². The zero-order valence-corrected chi connectivity index (χ0v) is 8.40. The number of aromatic hydroxyl groups is 1. The summed E-state index contributed by atoms with van der Waals surface area (Å²) in [5.74, 6) is -0.685. The molecule has 0 saturated heterocycles. The number of hydrogen-bond acceptors (Lipinski definition) is 5. The number of nitrogens with two attached hydrogens (primary N) is 1. The third kappa shape index (κ3) is 1.65. The van der Waals surface area contributed by atoms with Gasteiger partial charge in [0, 0.05) is 18.2 Å². The van der Waals surface area contributed by atoms with Gasteiger partial charge in [-0.3, -0.25) is 0 Å². The summed E-state index contributed by atoms with van der Waals surface area (Å²) in [6.07, 6.45) is 0. The molecule has 1 aromatic heterocycles. The summed E-state index contributed by atoms with van der Waals surface area (Å²) in [5, 5.41) is 13.1. The number of halogens is 1. The highest BCUT2D eigenvalue weighted by molar-refractivity contribution is 5.69. The van der Waals surface area contributed by atoms with Crippen molar-refractivity contribution in [2.24, 2.45) is 0 Å². The number of nitrogens with zero attached hydrogens (tertiary/aromatic N) is 1. The van der Waals surface area contributed by atoms with Gasteiger partial charge in [0.1, 0.15) is 23.0 Å². The molecular weight excluding hydrogens is 215 g/mol. The molecule has 0 unspecified atom stereocenters. The number of nitrogen functional groups attached to an aromatic ring is 1. The van der Waals surface area contributed by atoms with Crippen LogP contribution in [-0.2, 0) is 0 Å². The lowest BCUT2D eigenvalue weighted by Crippen LogP contribution is -1.89. The Hall–Kier alpha value is -2.24. The Morgan fingerprint density at radius 3 is 2.69 bits per heavy atom. The molecule has 0 spiro atoms. The molecule has 5 nitrogen and oxygen atoms in total. The van der Waals surface area contributed by atoms with Gasteiger partial charge < -0.3 is 20.1 Å². The van der Waals surface area contributed by atoms with Crippen LogP contribution in [0, 0.1) is 5.82 Å². The highest BCUT2D eigenvalue weighted by atomic mass is 19.1. The van der Waals surface area contributed by atoms with Gasteiger partial charge >= 0.3 is 0 Å². The molecule has 0 aliphatic carbocycles. The number of ether oxygens (including phenoxy) is 1. The van der Waals surface area contributed by atoms with E-state index in [0.717, 1.165) is 6.07 Å². The van der Waals surface area contributed by atoms with Crippen molar-refractivity contribution in [2.75, 3.05) is 12.8 Å². The molecule has 0 saturated carbocycles. The number of hydrogen-bond donors (Lipinski definition) is 2. The molecule has 1 aromatic carbocycles. The zero-order valence-electron chi connectivity index (χ0n) is 8.40. The van der Waals surface area contributed by atoms with Crippen LogP contribution in [0.1, 0.15) is 0 Å². The van der Waals surface area contributed by atoms with Crippen molar-refractivity contribution in [3.8, 4) is 22.8 Å². The number of anilines is 1. The van der Waals surface area contributed by atoms with Crippen molar-refractivity contribution in [3.63, 3.8) is 0 Å². The summed E-state index contributed by atoms with van der Waals surface area (Å²) in [6, 6.07) is 3.74. The highest BCUT2D eigenvalue weighted by Gasteiger charge is 2.16. The molecule has 6 heteroatoms. The number of benzene rings is 1. The van der Waals surface area contributed by atoms with E-state index in [9.17, 15) is 9.50 Å². The summed E-state index contributed by atoms with van der Waals surface area (Å²) in [5.41, 5.74) is 5.38. The summed E-state index contributed by atoms with van der Waals surface area (Å²) in [6.45, 7) is 0. The third-order valence-electron chi connectivity index (χ3n) is 2.06. The smallest absolute Gasteiger partial charge is 0.222 e. The summed E-state index contributed by atoms with van der Waals surface area (Å²) in [7, 11) is 1.38. The second-order valence-corrected chi connectivity index (χ2v) is 3.12. The number of aromatic nitrogens is 1. The highest BCUT2D eigenvalue weighted by Crippen LogP contribution is 2.35. The van der Waals surface area contributed by atoms with E-state index in [4.69, 9.17) is 10.5 Å². The average Bonchev–Trinajstić information content (AvgIpc) is 2.63. The molecule has 16 heavy (non-hydrogen) atoms. The molecule has 84 valence electrons. The second-order valence-electron chi connectivity index (χ2n) is 3.12. The summed E-state index contributed by atoms with van der Waals surface area (Å²) in [4.78, 5) is 0. The van der Waals surface area contributed by atoms with Gasteiger partial charge in [-0.25, -0.2) is 4.39 Å². The van der Waals surface area contributed by atoms with Crippen molar-refractivity contribution in [1.82, 2.24) is 5.16 Å². The van der Waals surface area contributed by atoms with Gasteiger partial charge in [-0.05, 0) is 0 Å². The number of phenolic OH excluding ortho intramolecular Hbond substituents is 1.